The molecule has 4 nitrogen and oxygen atoms in total. The number of pyridine rings is 1. The maximum absolute atomic E-state index is 8.49. The highest BCUT2D eigenvalue weighted by Gasteiger charge is 2.19. The summed E-state index contributed by atoms with van der Waals surface area (Å²) < 4.78 is 10.4. The fourth-order valence-electron chi connectivity index (χ4n) is 0.991. The van der Waals surface area contributed by atoms with Crippen molar-refractivity contribution in [3.05, 3.63) is 24.0 Å². The molecule has 0 aromatic carbocycles. The van der Waals surface area contributed by atoms with Crippen molar-refractivity contribution in [1.29, 1.82) is 5.26 Å². The van der Waals surface area contributed by atoms with Crippen molar-refractivity contribution in [3.8, 4) is 11.8 Å². The summed E-state index contributed by atoms with van der Waals surface area (Å²) in [7, 11) is 0. The molecule has 4 heteroatoms. The molecule has 0 aliphatic carbocycles. The highest BCUT2D eigenvalue weighted by Crippen LogP contribution is 2.14. The predicted octanol–water partition coefficient (Wildman–Crippen LogP) is 0.731. The molecule has 1 aliphatic heterocycles. The van der Waals surface area contributed by atoms with E-state index < -0.39 is 0 Å². The van der Waals surface area contributed by atoms with Gasteiger partial charge in [-0.3, -0.25) is 0 Å². The van der Waals surface area contributed by atoms with Gasteiger partial charge >= 0.3 is 0 Å². The minimum atomic E-state index is 0.148. The standard InChI is InChI=1S/C9H8N2O2/c10-3-7-1-2-8(4-11-7)13-9-5-12-6-9/h1-2,4,9H,5-6H2. The second-order valence-corrected chi connectivity index (χ2v) is 2.77. The highest BCUT2D eigenvalue weighted by molar-refractivity contribution is 5.26. The Kier molecular flexibility index (Phi) is 2.11. The molecule has 66 valence electrons. The van der Waals surface area contributed by atoms with Crippen LogP contribution in [0.1, 0.15) is 5.69 Å². The molecule has 1 fully saturated rings. The number of nitrogens with zero attached hydrogens (tertiary/aromatic N) is 2. The lowest BCUT2D eigenvalue weighted by molar-refractivity contribution is -0.0798. The van der Waals surface area contributed by atoms with Crippen LogP contribution in [0.15, 0.2) is 18.3 Å². The van der Waals surface area contributed by atoms with Crippen LogP contribution in [0.25, 0.3) is 0 Å². The van der Waals surface area contributed by atoms with E-state index in [0.29, 0.717) is 24.7 Å². The zero-order valence-electron chi connectivity index (χ0n) is 6.93. The molecular formula is C9H8N2O2. The molecule has 1 saturated heterocycles. The molecule has 0 atom stereocenters. The Balaban J connectivity index is 2.01. The van der Waals surface area contributed by atoms with Crippen LogP contribution < -0.4 is 4.74 Å². The molecule has 13 heavy (non-hydrogen) atoms. The molecule has 1 aromatic rings. The normalized spacial score (nSPS) is 15.9. The van der Waals surface area contributed by atoms with E-state index in [2.05, 4.69) is 4.98 Å². The van der Waals surface area contributed by atoms with Gasteiger partial charge in [0, 0.05) is 0 Å². The third-order valence-electron chi connectivity index (χ3n) is 1.76. The molecule has 1 aliphatic rings. The minimum absolute atomic E-state index is 0.148. The Morgan fingerprint density at radius 2 is 2.38 bits per heavy atom. The first kappa shape index (κ1) is 8.02. The molecule has 1 aromatic heterocycles. The number of nitriles is 1. The average molecular weight is 176 g/mol. The quantitative estimate of drug-likeness (QED) is 0.666. The topological polar surface area (TPSA) is 55.1 Å². The molecule has 2 rings (SSSR count). The Hall–Kier alpha value is -1.60. The Labute approximate surface area is 75.7 Å². The van der Waals surface area contributed by atoms with Gasteiger partial charge in [-0.15, -0.1) is 0 Å². The molecular weight excluding hydrogens is 168 g/mol. The molecule has 2 heterocycles. The molecule has 0 N–H and O–H groups in total. The summed E-state index contributed by atoms with van der Waals surface area (Å²) in [5.74, 6) is 0.687. The van der Waals surface area contributed by atoms with Crippen molar-refractivity contribution >= 4 is 0 Å². The van der Waals surface area contributed by atoms with Crippen LogP contribution in [0.2, 0.25) is 0 Å². The van der Waals surface area contributed by atoms with Crippen LogP contribution in [-0.4, -0.2) is 24.3 Å². The van der Waals surface area contributed by atoms with E-state index in [1.54, 1.807) is 18.3 Å². The van der Waals surface area contributed by atoms with Gasteiger partial charge in [0.05, 0.1) is 19.4 Å². The third-order valence-corrected chi connectivity index (χ3v) is 1.76. The largest absolute Gasteiger partial charge is 0.484 e. The molecule has 0 radical (unpaired) electrons. The van der Waals surface area contributed by atoms with Crippen LogP contribution in [0.5, 0.6) is 5.75 Å². The zero-order chi connectivity index (χ0) is 9.10. The van der Waals surface area contributed by atoms with Gasteiger partial charge in [0.25, 0.3) is 0 Å². The monoisotopic (exact) mass is 176 g/mol. The van der Waals surface area contributed by atoms with Crippen LogP contribution in [0.4, 0.5) is 0 Å². The van der Waals surface area contributed by atoms with Crippen molar-refractivity contribution in [2.75, 3.05) is 13.2 Å². The van der Waals surface area contributed by atoms with Crippen molar-refractivity contribution < 1.29 is 9.47 Å². The number of aromatic nitrogens is 1. The van der Waals surface area contributed by atoms with Gasteiger partial charge < -0.3 is 9.47 Å². The molecule has 0 unspecified atom stereocenters. The SMILES string of the molecule is N#Cc1ccc(OC2COC2)cn1. The molecule has 0 amide bonds. The maximum atomic E-state index is 8.49. The van der Waals surface area contributed by atoms with Crippen LogP contribution in [-0.2, 0) is 4.74 Å². The van der Waals surface area contributed by atoms with Crippen LogP contribution >= 0.6 is 0 Å². The van der Waals surface area contributed by atoms with Gasteiger partial charge in [-0.1, -0.05) is 0 Å². The number of ether oxygens (including phenoxy) is 2. The zero-order valence-corrected chi connectivity index (χ0v) is 6.93. The first-order chi connectivity index (χ1) is 6.38. The van der Waals surface area contributed by atoms with Crippen molar-refractivity contribution in [1.82, 2.24) is 4.98 Å². The van der Waals surface area contributed by atoms with E-state index in [9.17, 15) is 0 Å². The lowest BCUT2D eigenvalue weighted by Gasteiger charge is -2.26. The van der Waals surface area contributed by atoms with E-state index in [1.165, 1.54) is 0 Å². The number of rotatable bonds is 2. The van der Waals surface area contributed by atoms with Gasteiger partial charge in [-0.2, -0.15) is 5.26 Å². The van der Waals surface area contributed by atoms with Gasteiger partial charge in [0.15, 0.2) is 0 Å². The lowest BCUT2D eigenvalue weighted by atomic mass is 10.3. The Morgan fingerprint density at radius 3 is 2.85 bits per heavy atom. The Morgan fingerprint density at radius 1 is 1.54 bits per heavy atom. The summed E-state index contributed by atoms with van der Waals surface area (Å²) in [6.45, 7) is 1.28. The summed E-state index contributed by atoms with van der Waals surface area (Å²) >= 11 is 0. The number of hydrogen-bond acceptors (Lipinski definition) is 4. The maximum Gasteiger partial charge on any atom is 0.145 e. The van der Waals surface area contributed by atoms with Crippen molar-refractivity contribution in [2.24, 2.45) is 0 Å². The summed E-state index contributed by atoms with van der Waals surface area (Å²) in [6.07, 6.45) is 1.70. The van der Waals surface area contributed by atoms with Crippen molar-refractivity contribution in [3.63, 3.8) is 0 Å². The fourth-order valence-corrected chi connectivity index (χ4v) is 0.991. The van der Waals surface area contributed by atoms with E-state index in [4.69, 9.17) is 14.7 Å². The van der Waals surface area contributed by atoms with E-state index in [0.717, 1.165) is 0 Å². The Bertz CT molecular complexity index is 324. The average Bonchev–Trinajstić information content (AvgIpc) is 2.12. The minimum Gasteiger partial charge on any atom is -0.484 e. The summed E-state index contributed by atoms with van der Waals surface area (Å²) in [5, 5.41) is 8.49. The predicted molar refractivity (Wildman–Crippen MR) is 44.2 cm³/mol. The molecule has 0 bridgehead atoms. The lowest BCUT2D eigenvalue weighted by Crippen LogP contribution is -2.38. The van der Waals surface area contributed by atoms with Gasteiger partial charge in [-0.05, 0) is 12.1 Å². The second-order valence-electron chi connectivity index (χ2n) is 2.77. The van der Waals surface area contributed by atoms with Gasteiger partial charge in [0.1, 0.15) is 23.6 Å². The van der Waals surface area contributed by atoms with Crippen molar-refractivity contribution in [2.45, 2.75) is 6.10 Å². The summed E-state index contributed by atoms with van der Waals surface area (Å²) in [6, 6.07) is 5.32. The fraction of sp³-hybridized carbons (Fsp3) is 0.333. The molecule has 0 saturated carbocycles. The summed E-state index contributed by atoms with van der Waals surface area (Å²) in [5.41, 5.74) is 0.400. The highest BCUT2D eigenvalue weighted by atomic mass is 16.6. The first-order valence-corrected chi connectivity index (χ1v) is 3.99. The number of hydrogen-bond donors (Lipinski definition) is 0. The van der Waals surface area contributed by atoms with E-state index in [-0.39, 0.29) is 6.10 Å². The van der Waals surface area contributed by atoms with E-state index in [1.807, 2.05) is 6.07 Å². The van der Waals surface area contributed by atoms with E-state index >= 15 is 0 Å². The van der Waals surface area contributed by atoms with Gasteiger partial charge in [0.2, 0.25) is 0 Å². The third kappa shape index (κ3) is 1.76. The summed E-state index contributed by atoms with van der Waals surface area (Å²) in [4.78, 5) is 3.88. The smallest absolute Gasteiger partial charge is 0.145 e. The second kappa shape index (κ2) is 3.42. The first-order valence-electron chi connectivity index (χ1n) is 3.99. The molecule has 0 spiro atoms. The van der Waals surface area contributed by atoms with Crippen LogP contribution in [0, 0.1) is 11.3 Å². The van der Waals surface area contributed by atoms with Gasteiger partial charge in [-0.25, -0.2) is 4.98 Å². The van der Waals surface area contributed by atoms with Crippen LogP contribution in [0.3, 0.4) is 0 Å².